The van der Waals surface area contributed by atoms with Gasteiger partial charge in [-0.25, -0.2) is 4.39 Å². The Labute approximate surface area is 148 Å². The summed E-state index contributed by atoms with van der Waals surface area (Å²) in [4.78, 5) is 12.1. The van der Waals surface area contributed by atoms with Gasteiger partial charge in [-0.1, -0.05) is 11.2 Å². The van der Waals surface area contributed by atoms with E-state index in [0.717, 1.165) is 5.56 Å². The van der Waals surface area contributed by atoms with Crippen molar-refractivity contribution >= 4 is 11.6 Å². The molecule has 0 spiro atoms. The molecule has 2 heterocycles. The highest BCUT2D eigenvalue weighted by Gasteiger charge is 2.17. The van der Waals surface area contributed by atoms with Gasteiger partial charge >= 0.3 is 0 Å². The Kier molecular flexibility index (Phi) is 4.04. The van der Waals surface area contributed by atoms with Crippen molar-refractivity contribution in [3.63, 3.8) is 0 Å². The SMILES string of the molecule is Cc1ccc(NC(=O)Cc2cc(-c3ccc4c(c3)OCO4)on2)cc1F. The number of aromatic nitrogens is 1. The predicted molar refractivity (Wildman–Crippen MR) is 91.5 cm³/mol. The number of fused-ring (bicyclic) bond motifs is 1. The third-order valence-electron chi connectivity index (χ3n) is 4.01. The fourth-order valence-corrected chi connectivity index (χ4v) is 2.62. The highest BCUT2D eigenvalue weighted by Crippen LogP contribution is 2.36. The lowest BCUT2D eigenvalue weighted by Gasteiger charge is -2.05. The van der Waals surface area contributed by atoms with Gasteiger partial charge in [0, 0.05) is 17.3 Å². The number of ether oxygens (including phenoxy) is 2. The predicted octanol–water partition coefficient (Wildman–Crippen LogP) is 3.70. The normalized spacial score (nSPS) is 12.2. The number of halogens is 1. The number of carbonyl (C=O) groups excluding carboxylic acids is 1. The number of anilines is 1. The topological polar surface area (TPSA) is 73.6 Å². The lowest BCUT2D eigenvalue weighted by Crippen LogP contribution is -2.14. The Bertz CT molecular complexity index is 983. The van der Waals surface area contributed by atoms with Gasteiger partial charge in [-0.2, -0.15) is 0 Å². The zero-order valence-corrected chi connectivity index (χ0v) is 13.9. The first kappa shape index (κ1) is 16.1. The van der Waals surface area contributed by atoms with Crippen molar-refractivity contribution in [2.24, 2.45) is 0 Å². The third-order valence-corrected chi connectivity index (χ3v) is 4.01. The third kappa shape index (κ3) is 3.23. The zero-order chi connectivity index (χ0) is 18.1. The number of rotatable bonds is 4. The average molecular weight is 354 g/mol. The smallest absolute Gasteiger partial charge is 0.231 e. The fourth-order valence-electron chi connectivity index (χ4n) is 2.62. The van der Waals surface area contributed by atoms with Crippen LogP contribution in [0.25, 0.3) is 11.3 Å². The number of nitrogens with zero attached hydrogens (tertiary/aromatic N) is 1. The molecule has 0 unspecified atom stereocenters. The Hall–Kier alpha value is -3.35. The summed E-state index contributed by atoms with van der Waals surface area (Å²) in [5.41, 5.74) is 2.17. The van der Waals surface area contributed by atoms with E-state index in [4.69, 9.17) is 14.0 Å². The molecule has 26 heavy (non-hydrogen) atoms. The lowest BCUT2D eigenvalue weighted by atomic mass is 10.1. The van der Waals surface area contributed by atoms with Crippen LogP contribution in [-0.2, 0) is 11.2 Å². The van der Waals surface area contributed by atoms with Crippen molar-refractivity contribution in [1.29, 1.82) is 0 Å². The van der Waals surface area contributed by atoms with Crippen LogP contribution in [0.3, 0.4) is 0 Å². The molecule has 0 aliphatic carbocycles. The van der Waals surface area contributed by atoms with Crippen molar-refractivity contribution in [3.05, 3.63) is 59.5 Å². The van der Waals surface area contributed by atoms with Gasteiger partial charge in [-0.05, 0) is 42.8 Å². The second-order valence-electron chi connectivity index (χ2n) is 5.94. The first-order chi connectivity index (χ1) is 12.6. The minimum Gasteiger partial charge on any atom is -0.454 e. The summed E-state index contributed by atoms with van der Waals surface area (Å²) in [6.45, 7) is 1.86. The summed E-state index contributed by atoms with van der Waals surface area (Å²) >= 11 is 0. The monoisotopic (exact) mass is 354 g/mol. The van der Waals surface area contributed by atoms with Gasteiger partial charge in [0.05, 0.1) is 12.1 Å². The van der Waals surface area contributed by atoms with Gasteiger partial charge in [0.15, 0.2) is 17.3 Å². The Morgan fingerprint density at radius 1 is 1.15 bits per heavy atom. The van der Waals surface area contributed by atoms with E-state index >= 15 is 0 Å². The Balaban J connectivity index is 1.44. The zero-order valence-electron chi connectivity index (χ0n) is 13.9. The van der Waals surface area contributed by atoms with Crippen molar-refractivity contribution in [2.75, 3.05) is 12.1 Å². The fraction of sp³-hybridized carbons (Fsp3) is 0.158. The number of carbonyl (C=O) groups is 1. The number of amides is 1. The maximum absolute atomic E-state index is 13.5. The van der Waals surface area contributed by atoms with Gasteiger partial charge < -0.3 is 19.3 Å². The van der Waals surface area contributed by atoms with Crippen molar-refractivity contribution in [3.8, 4) is 22.8 Å². The Morgan fingerprint density at radius 2 is 2.00 bits per heavy atom. The molecule has 1 N–H and O–H groups in total. The number of aryl methyl sites for hydroxylation is 1. The Morgan fingerprint density at radius 3 is 2.85 bits per heavy atom. The van der Waals surface area contributed by atoms with Gasteiger partial charge in [-0.3, -0.25) is 4.79 Å². The molecule has 4 rings (SSSR count). The molecule has 7 heteroatoms. The van der Waals surface area contributed by atoms with Crippen molar-refractivity contribution in [1.82, 2.24) is 5.16 Å². The molecule has 0 radical (unpaired) electrons. The molecule has 132 valence electrons. The van der Waals surface area contributed by atoms with E-state index in [0.29, 0.717) is 34.2 Å². The summed E-state index contributed by atoms with van der Waals surface area (Å²) < 4.78 is 29.5. The maximum atomic E-state index is 13.5. The minimum atomic E-state index is -0.366. The van der Waals surface area contributed by atoms with E-state index in [-0.39, 0.29) is 24.9 Å². The molecule has 0 fully saturated rings. The number of benzene rings is 2. The van der Waals surface area contributed by atoms with Crippen LogP contribution in [0.2, 0.25) is 0 Å². The van der Waals surface area contributed by atoms with Gasteiger partial charge in [0.1, 0.15) is 5.82 Å². The highest BCUT2D eigenvalue weighted by atomic mass is 19.1. The number of hydrogen-bond donors (Lipinski definition) is 1. The molecular formula is C19H15FN2O4. The van der Waals surface area contributed by atoms with Crippen LogP contribution in [0, 0.1) is 12.7 Å². The molecule has 1 aliphatic rings. The van der Waals surface area contributed by atoms with Crippen LogP contribution in [0.15, 0.2) is 47.0 Å². The lowest BCUT2D eigenvalue weighted by molar-refractivity contribution is -0.115. The number of nitrogens with one attached hydrogen (secondary N) is 1. The molecule has 0 atom stereocenters. The average Bonchev–Trinajstić information content (AvgIpc) is 3.26. The highest BCUT2D eigenvalue weighted by molar-refractivity contribution is 5.92. The van der Waals surface area contributed by atoms with Crippen LogP contribution >= 0.6 is 0 Å². The molecular weight excluding hydrogens is 339 g/mol. The van der Waals surface area contributed by atoms with E-state index in [2.05, 4.69) is 10.5 Å². The first-order valence-electron chi connectivity index (χ1n) is 8.00. The van der Waals surface area contributed by atoms with E-state index in [1.165, 1.54) is 6.07 Å². The van der Waals surface area contributed by atoms with Crippen LogP contribution in [0.5, 0.6) is 11.5 Å². The summed E-state index contributed by atoms with van der Waals surface area (Å²) in [5.74, 6) is 1.17. The molecule has 2 aromatic carbocycles. The van der Waals surface area contributed by atoms with Crippen molar-refractivity contribution < 1.29 is 23.2 Å². The summed E-state index contributed by atoms with van der Waals surface area (Å²) in [6.07, 6.45) is 0.0174. The van der Waals surface area contributed by atoms with Crippen LogP contribution in [0.1, 0.15) is 11.3 Å². The maximum Gasteiger partial charge on any atom is 0.231 e. The van der Waals surface area contributed by atoms with E-state index in [1.54, 1.807) is 37.3 Å². The number of hydrogen-bond acceptors (Lipinski definition) is 5. The van der Waals surface area contributed by atoms with Gasteiger partial charge in [-0.15, -0.1) is 0 Å². The molecule has 0 saturated carbocycles. The second kappa shape index (κ2) is 6.51. The van der Waals surface area contributed by atoms with Crippen molar-refractivity contribution in [2.45, 2.75) is 13.3 Å². The van der Waals surface area contributed by atoms with E-state index in [9.17, 15) is 9.18 Å². The quantitative estimate of drug-likeness (QED) is 0.773. The van der Waals surface area contributed by atoms with Crippen LogP contribution in [-0.4, -0.2) is 17.9 Å². The molecule has 1 amide bonds. The molecule has 0 saturated heterocycles. The molecule has 0 bridgehead atoms. The largest absolute Gasteiger partial charge is 0.454 e. The summed E-state index contributed by atoms with van der Waals surface area (Å²) in [5, 5.41) is 6.56. The van der Waals surface area contributed by atoms with Crippen LogP contribution < -0.4 is 14.8 Å². The summed E-state index contributed by atoms with van der Waals surface area (Å²) in [7, 11) is 0. The minimum absolute atomic E-state index is 0.0174. The van der Waals surface area contributed by atoms with E-state index in [1.807, 2.05) is 6.07 Å². The standard InChI is InChI=1S/C19H15FN2O4/c1-11-2-4-13(7-15(11)20)21-19(23)9-14-8-17(26-22-14)12-3-5-16-18(6-12)25-10-24-16/h2-8H,9-10H2,1H3,(H,21,23). The van der Waals surface area contributed by atoms with Gasteiger partial charge in [0.25, 0.3) is 0 Å². The molecule has 6 nitrogen and oxygen atoms in total. The van der Waals surface area contributed by atoms with Crippen LogP contribution in [0.4, 0.5) is 10.1 Å². The first-order valence-corrected chi connectivity index (χ1v) is 8.00. The molecule has 3 aromatic rings. The summed E-state index contributed by atoms with van der Waals surface area (Å²) in [6, 6.07) is 11.6. The molecule has 1 aliphatic heterocycles. The second-order valence-corrected chi connectivity index (χ2v) is 5.94. The van der Waals surface area contributed by atoms with E-state index < -0.39 is 0 Å². The van der Waals surface area contributed by atoms with Gasteiger partial charge in [0.2, 0.25) is 12.7 Å². The molecule has 1 aromatic heterocycles.